The molecule has 0 saturated carbocycles. The first kappa shape index (κ1) is 17.6. The molecule has 2 fully saturated rings. The van der Waals surface area contributed by atoms with Crippen LogP contribution in [0, 0.1) is 5.92 Å². The second-order valence-electron chi connectivity index (χ2n) is 7.73. The normalized spacial score (nSPS) is 22.9. The third-order valence-corrected chi connectivity index (χ3v) is 5.86. The van der Waals surface area contributed by atoms with Gasteiger partial charge in [0.25, 0.3) is 0 Å². The highest BCUT2D eigenvalue weighted by atomic mass is 16.3. The molecular formula is C20H29N5O. The highest BCUT2D eigenvalue weighted by Gasteiger charge is 2.30. The van der Waals surface area contributed by atoms with Crippen LogP contribution in [0.25, 0.3) is 0 Å². The molecule has 6 heteroatoms. The van der Waals surface area contributed by atoms with Gasteiger partial charge in [-0.15, -0.1) is 5.10 Å². The number of likely N-dealkylation sites (tertiary alicyclic amines) is 2. The van der Waals surface area contributed by atoms with Crippen molar-refractivity contribution in [3.05, 3.63) is 47.8 Å². The van der Waals surface area contributed by atoms with Crippen molar-refractivity contribution >= 4 is 0 Å². The zero-order chi connectivity index (χ0) is 17.8. The SMILES string of the molecule is OCc1cn(CC2CCN(C3CCN(Cc4ccccc4)C3)CC2)nn1. The van der Waals surface area contributed by atoms with Gasteiger partial charge in [0.1, 0.15) is 5.69 Å². The second kappa shape index (κ2) is 8.29. The summed E-state index contributed by atoms with van der Waals surface area (Å²) < 4.78 is 1.89. The van der Waals surface area contributed by atoms with Crippen LogP contribution < -0.4 is 0 Å². The predicted molar refractivity (Wildman–Crippen MR) is 100 cm³/mol. The molecule has 0 aliphatic carbocycles. The maximum absolute atomic E-state index is 9.10. The minimum absolute atomic E-state index is 0.0282. The van der Waals surface area contributed by atoms with Crippen molar-refractivity contribution in [2.24, 2.45) is 5.92 Å². The lowest BCUT2D eigenvalue weighted by molar-refractivity contribution is 0.124. The van der Waals surface area contributed by atoms with Crippen molar-refractivity contribution in [3.8, 4) is 0 Å². The molecule has 2 aliphatic rings. The minimum Gasteiger partial charge on any atom is -0.390 e. The lowest BCUT2D eigenvalue weighted by atomic mass is 9.95. The Kier molecular flexibility index (Phi) is 5.62. The number of aliphatic hydroxyl groups excluding tert-OH is 1. The largest absolute Gasteiger partial charge is 0.390 e. The van der Waals surface area contributed by atoms with Gasteiger partial charge in [0.15, 0.2) is 0 Å². The number of hydrogen-bond donors (Lipinski definition) is 1. The number of rotatable bonds is 6. The first-order valence-corrected chi connectivity index (χ1v) is 9.80. The maximum atomic E-state index is 9.10. The average Bonchev–Trinajstić information content (AvgIpc) is 3.33. The molecule has 2 saturated heterocycles. The fourth-order valence-electron chi connectivity index (χ4n) is 4.36. The van der Waals surface area contributed by atoms with Crippen molar-refractivity contribution in [1.82, 2.24) is 24.8 Å². The van der Waals surface area contributed by atoms with E-state index in [1.165, 1.54) is 51.0 Å². The summed E-state index contributed by atoms with van der Waals surface area (Å²) in [6, 6.07) is 11.5. The zero-order valence-electron chi connectivity index (χ0n) is 15.4. The van der Waals surface area contributed by atoms with Crippen molar-refractivity contribution in [2.75, 3.05) is 26.2 Å². The molecule has 2 aromatic rings. The van der Waals surface area contributed by atoms with Crippen LogP contribution in [-0.4, -0.2) is 62.1 Å². The van der Waals surface area contributed by atoms with Gasteiger partial charge in [-0.1, -0.05) is 35.5 Å². The number of aliphatic hydroxyl groups is 1. The van der Waals surface area contributed by atoms with Crippen LogP contribution in [0.1, 0.15) is 30.5 Å². The summed E-state index contributed by atoms with van der Waals surface area (Å²) in [5, 5.41) is 17.2. The highest BCUT2D eigenvalue weighted by molar-refractivity contribution is 5.14. The van der Waals surface area contributed by atoms with Gasteiger partial charge in [-0.25, -0.2) is 0 Å². The monoisotopic (exact) mass is 355 g/mol. The summed E-state index contributed by atoms with van der Waals surface area (Å²) in [7, 11) is 0. The number of benzene rings is 1. The molecule has 0 radical (unpaired) electrons. The van der Waals surface area contributed by atoms with E-state index in [-0.39, 0.29) is 6.61 Å². The molecule has 1 atom stereocenters. The molecule has 1 aromatic carbocycles. The summed E-state index contributed by atoms with van der Waals surface area (Å²) >= 11 is 0. The first-order chi connectivity index (χ1) is 12.8. The van der Waals surface area contributed by atoms with Gasteiger partial charge in [-0.2, -0.15) is 0 Å². The average molecular weight is 355 g/mol. The number of piperidine rings is 1. The van der Waals surface area contributed by atoms with E-state index in [1.807, 2.05) is 10.9 Å². The molecule has 1 unspecified atom stereocenters. The van der Waals surface area contributed by atoms with Crippen LogP contribution in [0.2, 0.25) is 0 Å². The molecule has 3 heterocycles. The van der Waals surface area contributed by atoms with E-state index in [0.717, 1.165) is 13.1 Å². The summed E-state index contributed by atoms with van der Waals surface area (Å²) in [5.74, 6) is 0.668. The Hall–Kier alpha value is -1.76. The van der Waals surface area contributed by atoms with Crippen molar-refractivity contribution in [2.45, 2.75) is 45.0 Å². The molecule has 26 heavy (non-hydrogen) atoms. The van der Waals surface area contributed by atoms with E-state index in [9.17, 15) is 0 Å². The van der Waals surface area contributed by atoms with Crippen LogP contribution in [0.3, 0.4) is 0 Å². The Morgan fingerprint density at radius 1 is 1.04 bits per heavy atom. The summed E-state index contributed by atoms with van der Waals surface area (Å²) in [6.45, 7) is 6.76. The van der Waals surface area contributed by atoms with Crippen LogP contribution in [0.15, 0.2) is 36.5 Å². The predicted octanol–water partition coefficient (Wildman–Crippen LogP) is 1.76. The molecule has 1 aromatic heterocycles. The highest BCUT2D eigenvalue weighted by Crippen LogP contribution is 2.25. The zero-order valence-corrected chi connectivity index (χ0v) is 15.4. The Balaban J connectivity index is 1.22. The van der Waals surface area contributed by atoms with Gasteiger partial charge in [0.2, 0.25) is 0 Å². The van der Waals surface area contributed by atoms with Gasteiger partial charge in [0, 0.05) is 32.2 Å². The fourth-order valence-corrected chi connectivity index (χ4v) is 4.36. The van der Waals surface area contributed by atoms with E-state index in [1.54, 1.807) is 0 Å². The van der Waals surface area contributed by atoms with Gasteiger partial charge >= 0.3 is 0 Å². The number of hydrogen-bond acceptors (Lipinski definition) is 5. The lowest BCUT2D eigenvalue weighted by Crippen LogP contribution is -2.43. The maximum Gasteiger partial charge on any atom is 0.108 e. The Morgan fingerprint density at radius 3 is 2.58 bits per heavy atom. The van der Waals surface area contributed by atoms with Gasteiger partial charge in [0.05, 0.1) is 12.8 Å². The molecule has 6 nitrogen and oxygen atoms in total. The van der Waals surface area contributed by atoms with Crippen molar-refractivity contribution in [3.63, 3.8) is 0 Å². The summed E-state index contributed by atoms with van der Waals surface area (Å²) in [5.41, 5.74) is 2.08. The molecule has 0 bridgehead atoms. The molecular weight excluding hydrogens is 326 g/mol. The van der Waals surface area contributed by atoms with Gasteiger partial charge < -0.3 is 5.11 Å². The smallest absolute Gasteiger partial charge is 0.108 e. The topological polar surface area (TPSA) is 57.4 Å². The van der Waals surface area contributed by atoms with Gasteiger partial charge in [-0.3, -0.25) is 14.5 Å². The standard InChI is InChI=1S/C20H29N5O/c26-16-19-14-25(22-21-19)13-18-6-10-24(11-7-18)20-8-9-23(15-20)12-17-4-2-1-3-5-17/h1-5,14,18,20,26H,6-13,15-16H2. The summed E-state index contributed by atoms with van der Waals surface area (Å²) in [6.07, 6.45) is 5.61. The third-order valence-electron chi connectivity index (χ3n) is 5.86. The van der Waals surface area contributed by atoms with Crippen LogP contribution in [-0.2, 0) is 19.7 Å². The Labute approximate surface area is 155 Å². The van der Waals surface area contributed by atoms with E-state index in [4.69, 9.17) is 5.11 Å². The van der Waals surface area contributed by atoms with E-state index in [2.05, 4.69) is 50.4 Å². The molecule has 0 spiro atoms. The second-order valence-corrected chi connectivity index (χ2v) is 7.73. The number of nitrogens with zero attached hydrogens (tertiary/aromatic N) is 5. The molecule has 0 amide bonds. The van der Waals surface area contributed by atoms with Gasteiger partial charge in [-0.05, 0) is 43.8 Å². The van der Waals surface area contributed by atoms with Crippen LogP contribution in [0.4, 0.5) is 0 Å². The third kappa shape index (κ3) is 4.31. The van der Waals surface area contributed by atoms with E-state index >= 15 is 0 Å². The van der Waals surface area contributed by atoms with Crippen LogP contribution in [0.5, 0.6) is 0 Å². The molecule has 2 aliphatic heterocycles. The van der Waals surface area contributed by atoms with E-state index < -0.39 is 0 Å². The van der Waals surface area contributed by atoms with Crippen molar-refractivity contribution < 1.29 is 5.11 Å². The van der Waals surface area contributed by atoms with Crippen molar-refractivity contribution in [1.29, 1.82) is 0 Å². The summed E-state index contributed by atoms with van der Waals surface area (Å²) in [4.78, 5) is 5.29. The molecule has 4 rings (SSSR count). The van der Waals surface area contributed by atoms with Crippen LogP contribution >= 0.6 is 0 Å². The lowest BCUT2D eigenvalue weighted by Gasteiger charge is -2.36. The minimum atomic E-state index is -0.0282. The fraction of sp³-hybridized carbons (Fsp3) is 0.600. The quantitative estimate of drug-likeness (QED) is 0.856. The molecule has 1 N–H and O–H groups in total. The first-order valence-electron chi connectivity index (χ1n) is 9.80. The Morgan fingerprint density at radius 2 is 1.85 bits per heavy atom. The number of aromatic nitrogens is 3. The van der Waals surface area contributed by atoms with E-state index in [0.29, 0.717) is 17.7 Å². The molecule has 140 valence electrons. The Bertz CT molecular complexity index is 681.